The summed E-state index contributed by atoms with van der Waals surface area (Å²) in [7, 11) is 0. The van der Waals surface area contributed by atoms with Crippen LogP contribution >= 0.6 is 0 Å². The van der Waals surface area contributed by atoms with Crippen LogP contribution in [0.15, 0.2) is 42.9 Å². The highest BCUT2D eigenvalue weighted by atomic mass is 15.1. The number of nitrogens with one attached hydrogen (secondary N) is 1. The number of piperidine rings is 1. The monoisotopic (exact) mass is 332 g/mol. The van der Waals surface area contributed by atoms with Gasteiger partial charge in [-0.1, -0.05) is 6.42 Å². The molecule has 3 aromatic heterocycles. The van der Waals surface area contributed by atoms with Crippen LogP contribution in [0.3, 0.4) is 0 Å². The van der Waals surface area contributed by atoms with Crippen LogP contribution in [-0.4, -0.2) is 32.4 Å². The second kappa shape index (κ2) is 6.91. The Balaban J connectivity index is 1.50. The van der Waals surface area contributed by atoms with E-state index < -0.39 is 0 Å². The van der Waals surface area contributed by atoms with Crippen LogP contribution in [0.1, 0.15) is 30.4 Å². The van der Waals surface area contributed by atoms with Gasteiger partial charge in [0.1, 0.15) is 17.5 Å². The first-order valence-electron chi connectivity index (χ1n) is 8.63. The van der Waals surface area contributed by atoms with Gasteiger partial charge in [0.2, 0.25) is 0 Å². The Hall–Kier alpha value is -2.91. The molecule has 4 rings (SSSR count). The number of fused-ring (bicyclic) bond motifs is 1. The normalized spacial score (nSPS) is 15.2. The zero-order chi connectivity index (χ0) is 17.1. The van der Waals surface area contributed by atoms with Crippen LogP contribution in [-0.2, 0) is 6.54 Å². The molecule has 6 nitrogen and oxygen atoms in total. The molecule has 1 fully saturated rings. The van der Waals surface area contributed by atoms with Gasteiger partial charge in [-0.05, 0) is 55.8 Å². The van der Waals surface area contributed by atoms with Crippen molar-refractivity contribution in [1.29, 1.82) is 5.26 Å². The highest BCUT2D eigenvalue weighted by Gasteiger charge is 2.11. The second-order valence-electron chi connectivity index (χ2n) is 6.43. The summed E-state index contributed by atoms with van der Waals surface area (Å²) in [5, 5.41) is 12.3. The predicted octanol–water partition coefficient (Wildman–Crippen LogP) is 3.33. The fourth-order valence-corrected chi connectivity index (χ4v) is 3.27. The summed E-state index contributed by atoms with van der Waals surface area (Å²) in [6.45, 7) is 3.32. The van der Waals surface area contributed by atoms with Crippen molar-refractivity contribution in [2.75, 3.05) is 18.4 Å². The Morgan fingerprint density at radius 2 is 1.96 bits per heavy atom. The first kappa shape index (κ1) is 15.6. The van der Waals surface area contributed by atoms with Gasteiger partial charge in [-0.15, -0.1) is 0 Å². The molecule has 3 aromatic rings. The number of nitrogens with zero attached hydrogens (tertiary/aromatic N) is 5. The smallest absolute Gasteiger partial charge is 0.150 e. The first-order valence-corrected chi connectivity index (χ1v) is 8.63. The number of pyridine rings is 2. The zero-order valence-electron chi connectivity index (χ0n) is 14.0. The lowest BCUT2D eigenvalue weighted by Gasteiger charge is -2.26. The minimum absolute atomic E-state index is 0.609. The number of rotatable bonds is 4. The molecule has 0 aliphatic carbocycles. The summed E-state index contributed by atoms with van der Waals surface area (Å²) in [6.07, 6.45) is 9.42. The third-order valence-electron chi connectivity index (χ3n) is 4.52. The molecule has 4 heterocycles. The van der Waals surface area contributed by atoms with Crippen LogP contribution in [0, 0.1) is 11.3 Å². The second-order valence-corrected chi connectivity index (χ2v) is 6.43. The van der Waals surface area contributed by atoms with Crippen molar-refractivity contribution in [3.8, 4) is 6.07 Å². The zero-order valence-corrected chi connectivity index (χ0v) is 14.0. The molecule has 0 unspecified atom stereocenters. The van der Waals surface area contributed by atoms with E-state index >= 15 is 0 Å². The van der Waals surface area contributed by atoms with E-state index in [1.54, 1.807) is 12.3 Å². The Labute approximate surface area is 146 Å². The van der Waals surface area contributed by atoms with E-state index in [0.717, 1.165) is 23.8 Å². The Morgan fingerprint density at radius 1 is 1.08 bits per heavy atom. The van der Waals surface area contributed by atoms with Gasteiger partial charge < -0.3 is 9.72 Å². The largest absolute Gasteiger partial charge is 0.324 e. The topological polar surface area (TPSA) is 69.2 Å². The molecule has 6 heteroatoms. The maximum Gasteiger partial charge on any atom is 0.150 e. The van der Waals surface area contributed by atoms with Gasteiger partial charge in [0.15, 0.2) is 5.82 Å². The van der Waals surface area contributed by atoms with E-state index in [1.165, 1.54) is 37.9 Å². The Bertz CT molecular complexity index is 917. The quantitative estimate of drug-likeness (QED) is 0.793. The average molecular weight is 332 g/mol. The maximum atomic E-state index is 8.99. The first-order chi connectivity index (χ1) is 12.3. The van der Waals surface area contributed by atoms with Crippen LogP contribution < -0.4 is 5.32 Å². The molecule has 1 aliphatic rings. The molecule has 0 amide bonds. The highest BCUT2D eigenvalue weighted by molar-refractivity contribution is 5.57. The van der Waals surface area contributed by atoms with Gasteiger partial charge in [-0.3, -0.25) is 4.90 Å². The summed E-state index contributed by atoms with van der Waals surface area (Å²) in [5.74, 6) is 1.51. The molecule has 0 radical (unpaired) electrons. The summed E-state index contributed by atoms with van der Waals surface area (Å²) in [5.41, 5.74) is 2.67. The van der Waals surface area contributed by atoms with Gasteiger partial charge in [0.05, 0.1) is 11.8 Å². The number of hydrogen-bond donors (Lipinski definition) is 1. The number of anilines is 2. The average Bonchev–Trinajstić information content (AvgIpc) is 3.04. The van der Waals surface area contributed by atoms with Gasteiger partial charge >= 0.3 is 0 Å². The van der Waals surface area contributed by atoms with E-state index in [1.807, 2.05) is 22.9 Å². The fraction of sp³-hybridized carbons (Fsp3) is 0.316. The van der Waals surface area contributed by atoms with Crippen LogP contribution in [0.25, 0.3) is 5.65 Å². The standard InChI is InChI=1S/C19H20N6/c20-11-16-4-5-19-23-18(14-25(19)13-16)22-17-10-15(6-7-21-17)12-24-8-2-1-3-9-24/h4-7,10,13-14H,1-3,8-9,12H2,(H,21,22). The minimum Gasteiger partial charge on any atom is -0.324 e. The molecule has 126 valence electrons. The van der Waals surface area contributed by atoms with Crippen molar-refractivity contribution in [2.24, 2.45) is 0 Å². The van der Waals surface area contributed by atoms with Crippen LogP contribution in [0.2, 0.25) is 0 Å². The fourth-order valence-electron chi connectivity index (χ4n) is 3.27. The summed E-state index contributed by atoms with van der Waals surface area (Å²) in [4.78, 5) is 11.4. The number of likely N-dealkylation sites (tertiary alicyclic amines) is 1. The van der Waals surface area contributed by atoms with Gasteiger partial charge in [-0.2, -0.15) is 5.26 Å². The van der Waals surface area contributed by atoms with Gasteiger partial charge in [-0.25, -0.2) is 9.97 Å². The Morgan fingerprint density at radius 3 is 2.80 bits per heavy atom. The molecule has 0 saturated carbocycles. The van der Waals surface area contributed by atoms with Crippen molar-refractivity contribution < 1.29 is 0 Å². The van der Waals surface area contributed by atoms with E-state index in [2.05, 4.69) is 38.4 Å². The summed E-state index contributed by atoms with van der Waals surface area (Å²) < 4.78 is 1.85. The van der Waals surface area contributed by atoms with E-state index in [0.29, 0.717) is 5.56 Å². The lowest BCUT2D eigenvalue weighted by atomic mass is 10.1. The molecule has 0 bridgehead atoms. The third kappa shape index (κ3) is 3.62. The molecule has 0 spiro atoms. The van der Waals surface area contributed by atoms with Crippen molar-refractivity contribution in [3.05, 3.63) is 54.0 Å². The number of nitriles is 1. The lowest BCUT2D eigenvalue weighted by Crippen LogP contribution is -2.29. The van der Waals surface area contributed by atoms with E-state index in [4.69, 9.17) is 5.26 Å². The van der Waals surface area contributed by atoms with Crippen LogP contribution in [0.5, 0.6) is 0 Å². The molecule has 25 heavy (non-hydrogen) atoms. The van der Waals surface area contributed by atoms with Crippen molar-refractivity contribution in [1.82, 2.24) is 19.3 Å². The molecular formula is C19H20N6. The molecular weight excluding hydrogens is 312 g/mol. The summed E-state index contributed by atoms with van der Waals surface area (Å²) in [6, 6.07) is 9.90. The summed E-state index contributed by atoms with van der Waals surface area (Å²) >= 11 is 0. The van der Waals surface area contributed by atoms with Crippen LogP contribution in [0.4, 0.5) is 11.6 Å². The van der Waals surface area contributed by atoms with Gasteiger partial charge in [0.25, 0.3) is 0 Å². The SMILES string of the molecule is N#Cc1ccc2nc(Nc3cc(CN4CCCCC4)ccn3)cn2c1. The predicted molar refractivity (Wildman–Crippen MR) is 96.6 cm³/mol. The van der Waals surface area contributed by atoms with Crippen molar-refractivity contribution in [3.63, 3.8) is 0 Å². The van der Waals surface area contributed by atoms with Crippen molar-refractivity contribution >= 4 is 17.3 Å². The molecule has 1 aliphatic heterocycles. The van der Waals surface area contributed by atoms with Gasteiger partial charge in [0, 0.05) is 18.9 Å². The third-order valence-corrected chi connectivity index (χ3v) is 4.52. The molecule has 1 N–H and O–H groups in total. The number of imidazole rings is 1. The minimum atomic E-state index is 0.609. The van der Waals surface area contributed by atoms with E-state index in [-0.39, 0.29) is 0 Å². The number of hydrogen-bond acceptors (Lipinski definition) is 5. The molecule has 0 aromatic carbocycles. The molecule has 1 saturated heterocycles. The van der Waals surface area contributed by atoms with E-state index in [9.17, 15) is 0 Å². The highest BCUT2D eigenvalue weighted by Crippen LogP contribution is 2.18. The maximum absolute atomic E-state index is 8.99. The number of aromatic nitrogens is 3. The molecule has 0 atom stereocenters. The van der Waals surface area contributed by atoms with Crippen molar-refractivity contribution in [2.45, 2.75) is 25.8 Å². The Kier molecular flexibility index (Phi) is 4.32. The lowest BCUT2D eigenvalue weighted by molar-refractivity contribution is 0.221.